The van der Waals surface area contributed by atoms with E-state index in [-0.39, 0.29) is 24.2 Å². The van der Waals surface area contributed by atoms with Crippen LogP contribution in [0, 0.1) is 5.82 Å². The van der Waals surface area contributed by atoms with Gasteiger partial charge in [0.2, 0.25) is 11.8 Å². The molecule has 1 N–H and O–H groups in total. The first-order valence-corrected chi connectivity index (χ1v) is 9.87. The smallest absolute Gasteiger partial charge is 0.238 e. The Kier molecular flexibility index (Phi) is 5.76. The minimum Gasteiger partial charge on any atom is -0.493 e. The lowest BCUT2D eigenvalue weighted by atomic mass is 10.1. The third-order valence-corrected chi connectivity index (χ3v) is 5.33. The fourth-order valence-electron chi connectivity index (χ4n) is 3.73. The van der Waals surface area contributed by atoms with Crippen LogP contribution in [0.1, 0.15) is 11.1 Å². The van der Waals surface area contributed by atoms with Crippen molar-refractivity contribution in [2.75, 3.05) is 44.6 Å². The maximum absolute atomic E-state index is 12.9. The van der Waals surface area contributed by atoms with Gasteiger partial charge in [0.15, 0.2) is 0 Å². The summed E-state index contributed by atoms with van der Waals surface area (Å²) in [5.74, 6) is 0.557. The van der Waals surface area contributed by atoms with Crippen molar-refractivity contribution < 1.29 is 18.7 Å². The topological polar surface area (TPSA) is 61.9 Å². The highest BCUT2D eigenvalue weighted by Crippen LogP contribution is 2.26. The zero-order valence-corrected chi connectivity index (χ0v) is 16.2. The second-order valence-corrected chi connectivity index (χ2v) is 7.43. The summed E-state index contributed by atoms with van der Waals surface area (Å²) in [7, 11) is 0. The minimum atomic E-state index is -0.336. The number of fused-ring (bicyclic) bond motifs is 1. The summed E-state index contributed by atoms with van der Waals surface area (Å²) in [4.78, 5) is 28.7. The number of amides is 2. The number of rotatable bonds is 5. The SMILES string of the molecule is O=C(CN1CCN(C(=O)Cc2ccc3c(c2)CCO3)CC1)Nc1ccc(F)cc1. The molecule has 0 saturated carbocycles. The number of nitrogens with one attached hydrogen (secondary N) is 1. The Balaban J connectivity index is 1.23. The van der Waals surface area contributed by atoms with Gasteiger partial charge in [0.05, 0.1) is 19.6 Å². The first-order valence-electron chi connectivity index (χ1n) is 9.87. The summed E-state index contributed by atoms with van der Waals surface area (Å²) < 4.78 is 18.4. The molecule has 2 aliphatic rings. The predicted molar refractivity (Wildman–Crippen MR) is 107 cm³/mol. The highest BCUT2D eigenvalue weighted by molar-refractivity contribution is 5.92. The Morgan fingerprint density at radius 3 is 2.55 bits per heavy atom. The Hall–Kier alpha value is -2.93. The molecule has 7 heteroatoms. The third kappa shape index (κ3) is 4.92. The number of carbonyl (C=O) groups excluding carboxylic acids is 2. The van der Waals surface area contributed by atoms with E-state index in [1.807, 2.05) is 21.9 Å². The van der Waals surface area contributed by atoms with Gasteiger partial charge in [-0.25, -0.2) is 4.39 Å². The quantitative estimate of drug-likeness (QED) is 0.839. The number of hydrogen-bond donors (Lipinski definition) is 1. The first kappa shape index (κ1) is 19.4. The average molecular weight is 397 g/mol. The van der Waals surface area contributed by atoms with Gasteiger partial charge in [0, 0.05) is 38.3 Å². The van der Waals surface area contributed by atoms with Gasteiger partial charge in [-0.3, -0.25) is 14.5 Å². The van der Waals surface area contributed by atoms with Crippen LogP contribution in [0.2, 0.25) is 0 Å². The lowest BCUT2D eigenvalue weighted by Gasteiger charge is -2.34. The Morgan fingerprint density at radius 2 is 1.79 bits per heavy atom. The predicted octanol–water partition coefficient (Wildman–Crippen LogP) is 2.09. The largest absolute Gasteiger partial charge is 0.493 e. The van der Waals surface area contributed by atoms with E-state index in [1.54, 1.807) is 0 Å². The number of carbonyl (C=O) groups is 2. The first-order chi connectivity index (χ1) is 14.1. The van der Waals surface area contributed by atoms with Gasteiger partial charge in [-0.2, -0.15) is 0 Å². The van der Waals surface area contributed by atoms with Crippen molar-refractivity contribution in [2.24, 2.45) is 0 Å². The normalized spacial score (nSPS) is 16.2. The van der Waals surface area contributed by atoms with Gasteiger partial charge >= 0.3 is 0 Å². The summed E-state index contributed by atoms with van der Waals surface area (Å²) in [6.45, 7) is 3.49. The molecule has 2 aromatic rings. The van der Waals surface area contributed by atoms with Crippen LogP contribution in [0.5, 0.6) is 5.75 Å². The van der Waals surface area contributed by atoms with Crippen molar-refractivity contribution in [1.29, 1.82) is 0 Å². The van der Waals surface area contributed by atoms with Gasteiger partial charge in [0.25, 0.3) is 0 Å². The van der Waals surface area contributed by atoms with Crippen molar-refractivity contribution in [1.82, 2.24) is 9.80 Å². The van der Waals surface area contributed by atoms with Crippen LogP contribution in [-0.2, 0) is 22.4 Å². The fourth-order valence-corrected chi connectivity index (χ4v) is 3.73. The fraction of sp³-hybridized carbons (Fsp3) is 0.364. The van der Waals surface area contributed by atoms with Crippen molar-refractivity contribution in [3.05, 3.63) is 59.4 Å². The van der Waals surface area contributed by atoms with Crippen LogP contribution in [0.15, 0.2) is 42.5 Å². The maximum Gasteiger partial charge on any atom is 0.238 e. The molecule has 29 heavy (non-hydrogen) atoms. The van der Waals surface area contributed by atoms with E-state index in [2.05, 4.69) is 11.4 Å². The van der Waals surface area contributed by atoms with Gasteiger partial charge in [-0.15, -0.1) is 0 Å². The molecule has 0 aromatic heterocycles. The van der Waals surface area contributed by atoms with Gasteiger partial charge in [-0.05, 0) is 41.5 Å². The highest BCUT2D eigenvalue weighted by atomic mass is 19.1. The van der Waals surface area contributed by atoms with Crippen LogP contribution < -0.4 is 10.1 Å². The van der Waals surface area contributed by atoms with E-state index in [4.69, 9.17) is 4.74 Å². The molecule has 2 aliphatic heterocycles. The molecule has 1 saturated heterocycles. The summed E-state index contributed by atoms with van der Waals surface area (Å²) >= 11 is 0. The van der Waals surface area contributed by atoms with Crippen LogP contribution in [-0.4, -0.2) is 60.9 Å². The summed E-state index contributed by atoms with van der Waals surface area (Å²) in [6.07, 6.45) is 1.29. The van der Waals surface area contributed by atoms with Crippen LogP contribution in [0.25, 0.3) is 0 Å². The van der Waals surface area contributed by atoms with Crippen LogP contribution in [0.4, 0.5) is 10.1 Å². The molecule has 2 heterocycles. The number of nitrogens with zero attached hydrogens (tertiary/aromatic N) is 2. The van der Waals surface area contributed by atoms with E-state index >= 15 is 0 Å². The molecular formula is C22H24FN3O3. The van der Waals surface area contributed by atoms with Gasteiger partial charge in [-0.1, -0.05) is 12.1 Å². The van der Waals surface area contributed by atoms with E-state index in [9.17, 15) is 14.0 Å². The molecule has 0 unspecified atom stereocenters. The number of anilines is 1. The van der Waals surface area contributed by atoms with Crippen LogP contribution in [0.3, 0.4) is 0 Å². The van der Waals surface area contributed by atoms with Crippen molar-refractivity contribution >= 4 is 17.5 Å². The lowest BCUT2D eigenvalue weighted by molar-refractivity contribution is -0.132. The second-order valence-electron chi connectivity index (χ2n) is 7.43. The van der Waals surface area contributed by atoms with Crippen molar-refractivity contribution in [3.8, 4) is 5.75 Å². The molecule has 0 radical (unpaired) electrons. The monoisotopic (exact) mass is 397 g/mol. The maximum atomic E-state index is 12.9. The summed E-state index contributed by atoms with van der Waals surface area (Å²) in [5.41, 5.74) is 2.76. The Morgan fingerprint density at radius 1 is 1.03 bits per heavy atom. The number of ether oxygens (including phenoxy) is 1. The number of halogens is 1. The Bertz CT molecular complexity index is 893. The van der Waals surface area contributed by atoms with Crippen molar-refractivity contribution in [2.45, 2.75) is 12.8 Å². The molecule has 6 nitrogen and oxygen atoms in total. The van der Waals surface area contributed by atoms with Crippen molar-refractivity contribution in [3.63, 3.8) is 0 Å². The third-order valence-electron chi connectivity index (χ3n) is 5.33. The van der Waals surface area contributed by atoms with E-state index < -0.39 is 0 Å². The molecule has 2 aromatic carbocycles. The zero-order valence-electron chi connectivity index (χ0n) is 16.2. The molecule has 0 atom stereocenters. The molecule has 1 fully saturated rings. The molecule has 4 rings (SSSR count). The van der Waals surface area contributed by atoms with Crippen LogP contribution >= 0.6 is 0 Å². The molecular weight excluding hydrogens is 373 g/mol. The van der Waals surface area contributed by atoms with E-state index in [0.717, 1.165) is 17.7 Å². The standard InChI is InChI=1S/C22H24FN3O3/c23-18-2-4-19(5-3-18)24-21(27)15-25-8-10-26(11-9-25)22(28)14-16-1-6-20-17(13-16)7-12-29-20/h1-6,13H,7-12,14-15H2,(H,24,27). The van der Waals surface area contributed by atoms with Gasteiger partial charge in [0.1, 0.15) is 11.6 Å². The molecule has 0 spiro atoms. The zero-order chi connectivity index (χ0) is 20.2. The molecule has 152 valence electrons. The second kappa shape index (κ2) is 8.61. The van der Waals surface area contributed by atoms with E-state index in [0.29, 0.717) is 44.9 Å². The molecule has 0 bridgehead atoms. The van der Waals surface area contributed by atoms with Gasteiger partial charge < -0.3 is 15.0 Å². The summed E-state index contributed by atoms with van der Waals surface area (Å²) in [6, 6.07) is 11.7. The summed E-state index contributed by atoms with van der Waals surface area (Å²) in [5, 5.41) is 2.77. The minimum absolute atomic E-state index is 0.110. The molecule has 0 aliphatic carbocycles. The van der Waals surface area contributed by atoms with E-state index in [1.165, 1.54) is 29.8 Å². The number of piperazine rings is 1. The highest BCUT2D eigenvalue weighted by Gasteiger charge is 2.23. The molecule has 2 amide bonds. The average Bonchev–Trinajstić information content (AvgIpc) is 3.18. The number of benzene rings is 2. The number of hydrogen-bond acceptors (Lipinski definition) is 4. The Labute approximate surface area is 169 Å². The lowest BCUT2D eigenvalue weighted by Crippen LogP contribution is -2.50.